The fourth-order valence-corrected chi connectivity index (χ4v) is 2.83. The van der Waals surface area contributed by atoms with Crippen LogP contribution in [0.25, 0.3) is 11.3 Å². The van der Waals surface area contributed by atoms with Crippen molar-refractivity contribution in [1.29, 1.82) is 0 Å². The van der Waals surface area contributed by atoms with E-state index < -0.39 is 5.54 Å². The Kier molecular flexibility index (Phi) is 5.42. The minimum Gasteiger partial charge on any atom is -0.364 e. The molecule has 2 aromatic carbocycles. The largest absolute Gasteiger partial charge is 0.364 e. The number of anilines is 1. The summed E-state index contributed by atoms with van der Waals surface area (Å²) in [5, 5.41) is 14.5. The molecular formula is C23H21N3O2. The molecule has 0 fully saturated rings. The maximum absolute atomic E-state index is 11.3. The zero-order valence-corrected chi connectivity index (χ0v) is 16.1. The molecule has 3 rings (SSSR count). The van der Waals surface area contributed by atoms with Gasteiger partial charge in [0.15, 0.2) is 0 Å². The maximum atomic E-state index is 11.3. The second kappa shape index (κ2) is 7.93. The Balaban J connectivity index is 1.93. The van der Waals surface area contributed by atoms with Gasteiger partial charge in [-0.05, 0) is 44.5 Å². The van der Waals surface area contributed by atoms with Gasteiger partial charge in [-0.25, -0.2) is 0 Å². The lowest BCUT2D eigenvalue weighted by atomic mass is 10.0. The molecule has 0 bridgehead atoms. The fourth-order valence-electron chi connectivity index (χ4n) is 2.83. The molecule has 1 N–H and O–H groups in total. The third-order valence-corrected chi connectivity index (χ3v) is 4.16. The minimum absolute atomic E-state index is 0.0341. The molecule has 1 heterocycles. The highest BCUT2D eigenvalue weighted by molar-refractivity contribution is 5.68. The first-order valence-corrected chi connectivity index (χ1v) is 8.92. The van der Waals surface area contributed by atoms with E-state index in [0.717, 1.165) is 22.4 Å². The Morgan fingerprint density at radius 3 is 2.54 bits per heavy atom. The van der Waals surface area contributed by atoms with Gasteiger partial charge in [0.1, 0.15) is 5.69 Å². The number of nitrogens with zero attached hydrogens (tertiary/aromatic N) is 2. The summed E-state index contributed by atoms with van der Waals surface area (Å²) in [5.74, 6) is 6.39. The molecule has 1 aromatic heterocycles. The summed E-state index contributed by atoms with van der Waals surface area (Å²) in [6.45, 7) is 5.69. The molecule has 0 spiro atoms. The van der Waals surface area contributed by atoms with Gasteiger partial charge >= 0.3 is 0 Å². The van der Waals surface area contributed by atoms with Crippen LogP contribution in [0.2, 0.25) is 0 Å². The average molecular weight is 371 g/mol. The van der Waals surface area contributed by atoms with Crippen molar-refractivity contribution in [3.63, 3.8) is 0 Å². The number of aryl methyl sites for hydroxylation is 1. The van der Waals surface area contributed by atoms with E-state index in [4.69, 9.17) is 0 Å². The first kappa shape index (κ1) is 19.1. The topological polar surface area (TPSA) is 68.1 Å². The lowest BCUT2D eigenvalue weighted by Crippen LogP contribution is -2.29. The highest BCUT2D eigenvalue weighted by Crippen LogP contribution is 2.28. The van der Waals surface area contributed by atoms with Crippen molar-refractivity contribution >= 4 is 11.4 Å². The minimum atomic E-state index is -0.678. The van der Waals surface area contributed by atoms with Crippen LogP contribution in [0.5, 0.6) is 0 Å². The number of nitro groups is 1. The van der Waals surface area contributed by atoms with Crippen molar-refractivity contribution in [2.45, 2.75) is 26.3 Å². The Morgan fingerprint density at radius 2 is 1.82 bits per heavy atom. The van der Waals surface area contributed by atoms with E-state index in [9.17, 15) is 10.1 Å². The van der Waals surface area contributed by atoms with Gasteiger partial charge in [-0.3, -0.25) is 15.1 Å². The normalized spacial score (nSPS) is 10.7. The van der Waals surface area contributed by atoms with E-state index in [-0.39, 0.29) is 10.6 Å². The highest BCUT2D eigenvalue weighted by atomic mass is 16.6. The van der Waals surface area contributed by atoms with Gasteiger partial charge in [0, 0.05) is 17.8 Å². The Hall–Kier alpha value is -3.65. The van der Waals surface area contributed by atoms with Crippen molar-refractivity contribution in [1.82, 2.24) is 4.98 Å². The van der Waals surface area contributed by atoms with Crippen molar-refractivity contribution in [3.05, 3.63) is 88.1 Å². The monoisotopic (exact) mass is 371 g/mol. The first-order chi connectivity index (χ1) is 13.4. The smallest absolute Gasteiger partial charge is 0.292 e. The number of hydrogen-bond acceptors (Lipinski definition) is 4. The molecule has 0 saturated carbocycles. The first-order valence-electron chi connectivity index (χ1n) is 8.92. The summed E-state index contributed by atoms with van der Waals surface area (Å²) in [5.41, 5.74) is 3.37. The summed E-state index contributed by atoms with van der Waals surface area (Å²) in [4.78, 5) is 15.4. The molecule has 140 valence electrons. The molecule has 3 aromatic rings. The van der Waals surface area contributed by atoms with Crippen molar-refractivity contribution < 1.29 is 4.92 Å². The third kappa shape index (κ3) is 4.54. The van der Waals surface area contributed by atoms with Gasteiger partial charge in [0.05, 0.1) is 21.7 Å². The summed E-state index contributed by atoms with van der Waals surface area (Å²) < 4.78 is 0. The zero-order chi connectivity index (χ0) is 20.1. The number of nitro benzene ring substituents is 1. The lowest BCUT2D eigenvalue weighted by molar-refractivity contribution is -0.384. The third-order valence-electron chi connectivity index (χ3n) is 4.16. The van der Waals surface area contributed by atoms with Crippen molar-refractivity contribution in [2.24, 2.45) is 0 Å². The van der Waals surface area contributed by atoms with Crippen LogP contribution in [0.1, 0.15) is 25.0 Å². The number of benzene rings is 2. The average Bonchev–Trinajstić information content (AvgIpc) is 2.67. The van der Waals surface area contributed by atoms with Gasteiger partial charge in [-0.15, -0.1) is 0 Å². The summed E-state index contributed by atoms with van der Waals surface area (Å²) in [6.07, 6.45) is 1.74. The van der Waals surface area contributed by atoms with Crippen LogP contribution in [0.15, 0.2) is 66.9 Å². The van der Waals surface area contributed by atoms with E-state index in [1.54, 1.807) is 18.3 Å². The number of pyridine rings is 1. The maximum Gasteiger partial charge on any atom is 0.292 e. The van der Waals surface area contributed by atoms with Crippen LogP contribution < -0.4 is 5.32 Å². The highest BCUT2D eigenvalue weighted by Gasteiger charge is 2.21. The molecule has 0 aliphatic carbocycles. The van der Waals surface area contributed by atoms with E-state index >= 15 is 0 Å². The summed E-state index contributed by atoms with van der Waals surface area (Å²) in [6, 6.07) is 18.6. The van der Waals surface area contributed by atoms with Crippen LogP contribution in [-0.2, 0) is 0 Å². The molecule has 5 nitrogen and oxygen atoms in total. The van der Waals surface area contributed by atoms with Crippen molar-refractivity contribution in [3.8, 4) is 23.1 Å². The van der Waals surface area contributed by atoms with Crippen LogP contribution in [0.4, 0.5) is 11.4 Å². The van der Waals surface area contributed by atoms with Crippen LogP contribution in [0.3, 0.4) is 0 Å². The van der Waals surface area contributed by atoms with Crippen LogP contribution in [0, 0.1) is 28.9 Å². The molecule has 0 saturated heterocycles. The lowest BCUT2D eigenvalue weighted by Gasteiger charge is -2.21. The Morgan fingerprint density at radius 1 is 1.07 bits per heavy atom. The number of nitrogens with one attached hydrogen (secondary N) is 1. The number of aromatic nitrogens is 1. The molecule has 0 amide bonds. The predicted octanol–water partition coefficient (Wildman–Crippen LogP) is 5.21. The van der Waals surface area contributed by atoms with Gasteiger partial charge in [0.25, 0.3) is 5.69 Å². The second-order valence-electron chi connectivity index (χ2n) is 7.04. The summed E-state index contributed by atoms with van der Waals surface area (Å²) in [7, 11) is 0. The Bertz CT molecular complexity index is 1060. The van der Waals surface area contributed by atoms with E-state index in [0.29, 0.717) is 5.69 Å². The molecule has 5 heteroatoms. The molecule has 0 unspecified atom stereocenters. The SMILES string of the molecule is Cc1ccc([N+](=O)[O-])c(NC(C)(C)C#Cc2cccnc2-c2ccccc2)c1. The predicted molar refractivity (Wildman–Crippen MR) is 112 cm³/mol. The standard InChI is InChI=1S/C23H21N3O2/c1-17-11-12-21(26(27)28)20(16-17)25-23(2,3)14-13-19-10-7-15-24-22(19)18-8-5-4-6-9-18/h4-12,15-16,25H,1-3H3. The molecule has 28 heavy (non-hydrogen) atoms. The molecule has 0 aliphatic heterocycles. The quantitative estimate of drug-likeness (QED) is 0.388. The van der Waals surface area contributed by atoms with Gasteiger partial charge < -0.3 is 5.32 Å². The second-order valence-corrected chi connectivity index (χ2v) is 7.04. The number of hydrogen-bond donors (Lipinski definition) is 1. The molecule has 0 radical (unpaired) electrons. The molecular weight excluding hydrogens is 350 g/mol. The molecule has 0 aliphatic rings. The zero-order valence-electron chi connectivity index (χ0n) is 16.1. The van der Waals surface area contributed by atoms with Gasteiger partial charge in [0.2, 0.25) is 0 Å². The van der Waals surface area contributed by atoms with E-state index in [1.165, 1.54) is 6.07 Å². The van der Waals surface area contributed by atoms with E-state index in [2.05, 4.69) is 22.1 Å². The fraction of sp³-hybridized carbons (Fsp3) is 0.174. The van der Waals surface area contributed by atoms with E-state index in [1.807, 2.05) is 63.2 Å². The summed E-state index contributed by atoms with van der Waals surface area (Å²) >= 11 is 0. The van der Waals surface area contributed by atoms with Crippen molar-refractivity contribution in [2.75, 3.05) is 5.32 Å². The van der Waals surface area contributed by atoms with Crippen LogP contribution in [-0.4, -0.2) is 15.4 Å². The molecule has 0 atom stereocenters. The number of rotatable bonds is 4. The van der Waals surface area contributed by atoms with Crippen LogP contribution >= 0.6 is 0 Å². The Labute approximate surface area is 164 Å². The van der Waals surface area contributed by atoms with Gasteiger partial charge in [-0.1, -0.05) is 48.2 Å². The van der Waals surface area contributed by atoms with Gasteiger partial charge in [-0.2, -0.15) is 0 Å².